The summed E-state index contributed by atoms with van der Waals surface area (Å²) in [6.07, 6.45) is 5.47. The molecule has 4 amide bonds. The van der Waals surface area contributed by atoms with Gasteiger partial charge < -0.3 is 19.7 Å². The normalized spacial score (nSPS) is 28.5. The topological polar surface area (TPSA) is 134 Å². The van der Waals surface area contributed by atoms with Crippen molar-refractivity contribution in [3.05, 3.63) is 95.3 Å². The number of anilines is 1. The van der Waals surface area contributed by atoms with E-state index in [1.165, 1.54) is 43.4 Å². The molecule has 0 bridgehead atoms. The van der Waals surface area contributed by atoms with E-state index >= 15 is 0 Å². The van der Waals surface area contributed by atoms with Gasteiger partial charge in [0.15, 0.2) is 21.2 Å². The van der Waals surface area contributed by atoms with Gasteiger partial charge in [-0.1, -0.05) is 35.9 Å². The van der Waals surface area contributed by atoms with Crippen LogP contribution in [0.5, 0.6) is 23.0 Å². The molecule has 2 N–H and O–H groups in total. The molecule has 2 saturated heterocycles. The summed E-state index contributed by atoms with van der Waals surface area (Å²) in [7, 11) is 2.76. The van der Waals surface area contributed by atoms with Gasteiger partial charge in [-0.3, -0.25) is 24.1 Å². The van der Waals surface area contributed by atoms with Crippen molar-refractivity contribution >= 4 is 58.6 Å². The molecule has 7 rings (SSSR count). The fourth-order valence-corrected chi connectivity index (χ4v) is 8.94. The van der Waals surface area contributed by atoms with Gasteiger partial charge >= 0.3 is 0 Å². The van der Waals surface area contributed by atoms with Crippen LogP contribution in [0.1, 0.15) is 24.0 Å². The summed E-state index contributed by atoms with van der Waals surface area (Å²) >= 11 is 14.7. The Morgan fingerprint density at radius 1 is 0.902 bits per heavy atom. The number of carbonyl (C=O) groups excluding carboxylic acids is 4. The molecule has 2 aliphatic carbocycles. The molecule has 13 heteroatoms. The van der Waals surface area contributed by atoms with Gasteiger partial charge in [-0.25, -0.2) is 9.29 Å². The number of phenols is 2. The lowest BCUT2D eigenvalue weighted by Gasteiger charge is -2.49. The number of allylic oxidation sites excluding steroid dienone is 3. The molecule has 2 heterocycles. The molecule has 0 unspecified atom stereocenters. The number of amides is 4. The first-order valence-electron chi connectivity index (χ1n) is 16.3. The minimum absolute atomic E-state index is 0.0824. The quantitative estimate of drug-likeness (QED) is 0.174. The van der Waals surface area contributed by atoms with Crippen LogP contribution in [0.2, 0.25) is 0 Å². The predicted molar refractivity (Wildman–Crippen MR) is 186 cm³/mol. The number of ether oxygens (including phenoxy) is 2. The van der Waals surface area contributed by atoms with E-state index in [0.717, 1.165) is 22.6 Å². The fraction of sp³-hybridized carbons (Fsp3) is 0.316. The van der Waals surface area contributed by atoms with Gasteiger partial charge in [-0.2, -0.15) is 0 Å². The molecule has 6 atom stereocenters. The van der Waals surface area contributed by atoms with Crippen molar-refractivity contribution in [2.45, 2.75) is 29.0 Å². The van der Waals surface area contributed by atoms with Crippen molar-refractivity contribution < 1.29 is 43.3 Å². The predicted octanol–water partition coefficient (Wildman–Crippen LogP) is 5.61. The van der Waals surface area contributed by atoms with Gasteiger partial charge in [0.2, 0.25) is 17.6 Å². The van der Waals surface area contributed by atoms with E-state index in [4.69, 9.17) is 32.7 Å². The molecule has 0 spiro atoms. The van der Waals surface area contributed by atoms with E-state index in [1.54, 1.807) is 36.4 Å². The number of hydrogen-bond donors (Lipinski definition) is 2. The molecule has 51 heavy (non-hydrogen) atoms. The maximum atomic E-state index is 14.5. The van der Waals surface area contributed by atoms with Crippen LogP contribution in [0.25, 0.3) is 6.08 Å². The summed E-state index contributed by atoms with van der Waals surface area (Å²) in [5.74, 6) is -6.12. The van der Waals surface area contributed by atoms with Crippen LogP contribution in [0, 0.1) is 29.5 Å². The van der Waals surface area contributed by atoms with Gasteiger partial charge in [-0.05, 0) is 84.8 Å². The van der Waals surface area contributed by atoms with E-state index in [1.807, 2.05) is 6.08 Å². The van der Waals surface area contributed by atoms with Crippen molar-refractivity contribution in [1.29, 1.82) is 0 Å². The number of rotatable bonds is 8. The Labute approximate surface area is 302 Å². The van der Waals surface area contributed by atoms with Gasteiger partial charge in [0, 0.05) is 12.5 Å². The van der Waals surface area contributed by atoms with Crippen LogP contribution in [-0.2, 0) is 25.6 Å². The van der Waals surface area contributed by atoms with Crippen molar-refractivity contribution in [2.75, 3.05) is 25.7 Å². The second-order valence-electron chi connectivity index (χ2n) is 13.2. The number of alkyl halides is 2. The number of fused-ring (bicyclic) bond motifs is 4. The fourth-order valence-electron chi connectivity index (χ4n) is 8.05. The third-order valence-electron chi connectivity index (χ3n) is 10.6. The zero-order valence-electron chi connectivity index (χ0n) is 27.5. The van der Waals surface area contributed by atoms with Gasteiger partial charge in [0.25, 0.3) is 11.8 Å². The molecule has 3 aromatic carbocycles. The van der Waals surface area contributed by atoms with E-state index in [2.05, 4.69) is 0 Å². The molecular formula is C38H33Cl2FN2O8. The lowest BCUT2D eigenvalue weighted by atomic mass is 9.57. The van der Waals surface area contributed by atoms with E-state index in [-0.39, 0.29) is 54.0 Å². The van der Waals surface area contributed by atoms with Gasteiger partial charge in [0.1, 0.15) is 11.6 Å². The van der Waals surface area contributed by atoms with Crippen molar-refractivity contribution in [1.82, 2.24) is 4.90 Å². The number of likely N-dealkylation sites (tertiary alicyclic amines) is 1. The molecule has 0 aromatic heterocycles. The highest BCUT2D eigenvalue weighted by Gasteiger charge is 2.76. The van der Waals surface area contributed by atoms with Crippen molar-refractivity contribution in [3.8, 4) is 23.0 Å². The first-order chi connectivity index (χ1) is 24.3. The monoisotopic (exact) mass is 734 g/mol. The molecule has 10 nitrogen and oxygen atoms in total. The molecule has 264 valence electrons. The number of hydrogen-bond acceptors (Lipinski definition) is 8. The number of nitrogens with zero attached hydrogens (tertiary/aromatic N) is 2. The average Bonchev–Trinajstić information content (AvgIpc) is 3.45. The summed E-state index contributed by atoms with van der Waals surface area (Å²) in [6.45, 7) is 0.118. The Morgan fingerprint density at radius 3 is 2.18 bits per heavy atom. The SMILES string of the molecule is COc1cc(C=C[C@H]2C3=CC[C@@H]4C(=O)N(CCc5ccc(O)cc5)C(=O)[C@@H]4[C@@H]3C[C@@]3(Cl)C(=O)N(c4ccc(F)cc4)C(=O)[C@@]23Cl)cc(OC)c1O. The van der Waals surface area contributed by atoms with Gasteiger partial charge in [-0.15, -0.1) is 23.2 Å². The molecule has 1 saturated carbocycles. The van der Waals surface area contributed by atoms with Crippen LogP contribution >= 0.6 is 23.2 Å². The van der Waals surface area contributed by atoms with Crippen LogP contribution in [0.4, 0.5) is 10.1 Å². The molecule has 3 fully saturated rings. The zero-order chi connectivity index (χ0) is 36.4. The Kier molecular flexibility index (Phi) is 8.62. The first kappa shape index (κ1) is 34.6. The molecule has 0 radical (unpaired) electrons. The minimum Gasteiger partial charge on any atom is -0.508 e. The zero-order valence-corrected chi connectivity index (χ0v) is 29.0. The number of methoxy groups -OCH3 is 2. The lowest BCUT2D eigenvalue weighted by molar-refractivity contribution is -0.140. The van der Waals surface area contributed by atoms with Gasteiger partial charge in [0.05, 0.1) is 31.7 Å². The highest BCUT2D eigenvalue weighted by atomic mass is 35.5. The number of aromatic hydroxyl groups is 2. The standard InChI is InChI=1S/C38H33Cl2FN2O8/c1-50-29-17-21(18-30(51-2)32(29)45)5-14-28-25-12-13-26-31(34(47)42(33(26)46)16-15-20-3-10-24(44)11-4-20)27(25)19-37(39)35(48)43(36(49)38(28,37)40)23-8-6-22(41)7-9-23/h3-12,14,17-18,26-28,31,44-45H,13,15-16,19H2,1-2H3/t26-,27+,28-,31-,37+,38-/m0/s1. The Hall–Kier alpha value is -4.87. The van der Waals surface area contributed by atoms with Crippen LogP contribution < -0.4 is 14.4 Å². The minimum atomic E-state index is -2.08. The number of carbonyl (C=O) groups is 4. The summed E-state index contributed by atoms with van der Waals surface area (Å²) < 4.78 is 24.5. The van der Waals surface area contributed by atoms with Crippen LogP contribution in [0.15, 0.2) is 78.4 Å². The second kappa shape index (κ2) is 12.7. The van der Waals surface area contributed by atoms with E-state index in [0.29, 0.717) is 17.6 Å². The number of imide groups is 2. The Morgan fingerprint density at radius 2 is 1.55 bits per heavy atom. The average molecular weight is 736 g/mol. The Bertz CT molecular complexity index is 1990. The van der Waals surface area contributed by atoms with Crippen LogP contribution in [0.3, 0.4) is 0 Å². The molecule has 3 aromatic rings. The highest BCUT2D eigenvalue weighted by Crippen LogP contribution is 2.63. The number of halogens is 3. The van der Waals surface area contributed by atoms with Crippen molar-refractivity contribution in [2.24, 2.45) is 23.7 Å². The lowest BCUT2D eigenvalue weighted by Crippen LogP contribution is -2.60. The third kappa shape index (κ3) is 5.28. The maximum Gasteiger partial charge on any atom is 0.258 e. The highest BCUT2D eigenvalue weighted by molar-refractivity contribution is 6.58. The summed E-state index contributed by atoms with van der Waals surface area (Å²) in [5.41, 5.74) is 2.01. The van der Waals surface area contributed by atoms with E-state index < -0.39 is 57.0 Å². The third-order valence-corrected chi connectivity index (χ3v) is 12.0. The van der Waals surface area contributed by atoms with Crippen molar-refractivity contribution in [3.63, 3.8) is 0 Å². The number of phenolic OH excluding ortho intramolecular Hbond substituents is 2. The molecule has 4 aliphatic rings. The summed E-state index contributed by atoms with van der Waals surface area (Å²) in [6, 6.07) is 14.4. The smallest absolute Gasteiger partial charge is 0.258 e. The largest absolute Gasteiger partial charge is 0.508 e. The number of benzene rings is 3. The Balaban J connectivity index is 1.30. The molecular weight excluding hydrogens is 702 g/mol. The maximum absolute atomic E-state index is 14.5. The first-order valence-corrected chi connectivity index (χ1v) is 17.1. The second-order valence-corrected chi connectivity index (χ2v) is 14.4. The summed E-state index contributed by atoms with van der Waals surface area (Å²) in [4.78, 5) is 54.7. The molecule has 2 aliphatic heterocycles. The van der Waals surface area contributed by atoms with Crippen LogP contribution in [-0.4, -0.2) is 69.3 Å². The van der Waals surface area contributed by atoms with E-state index in [9.17, 15) is 33.8 Å². The summed E-state index contributed by atoms with van der Waals surface area (Å²) in [5, 5.41) is 20.1.